The summed E-state index contributed by atoms with van der Waals surface area (Å²) < 4.78 is 5.46. The molecule has 8 aliphatic rings. The number of hydrogen-bond donors (Lipinski definition) is 0. The van der Waals surface area contributed by atoms with Crippen LogP contribution in [0.5, 0.6) is 5.75 Å². The van der Waals surface area contributed by atoms with E-state index >= 15 is 0 Å². The number of rotatable bonds is 5. The normalized spacial score (nSPS) is 32.6. The Hall–Kier alpha value is -5.45. The van der Waals surface area contributed by atoms with Gasteiger partial charge in [-0.1, -0.05) is 60.7 Å². The highest BCUT2D eigenvalue weighted by Crippen LogP contribution is 2.64. The number of imide groups is 2. The van der Waals surface area contributed by atoms with Crippen LogP contribution in [0.15, 0.2) is 84.0 Å². The maximum Gasteiger partial charge on any atom is 0.273 e. The standard InChI is InChI=1S/C36H28N4O7/c1-47-26-16-20(40(45)46)14-15-25(26)38-32(41)30-29-21-6-2-4-8-23(21)36(31(30)35(38)44,24-9-5-3-7-22(24)29)17-37-39-33(42)27-18-10-11-19(13-12-18)28(27)34(39)43/h2-11,14-19,27-31H,12-13H2,1H3/b37-17-/t18-,19-,27-,28+,29?,30+,31+,36?/m0/s1. The van der Waals surface area contributed by atoms with Gasteiger partial charge in [0.05, 0.1) is 52.9 Å². The molecule has 1 saturated carbocycles. The lowest BCUT2D eigenvalue weighted by Crippen LogP contribution is -2.55. The van der Waals surface area contributed by atoms with E-state index in [-0.39, 0.29) is 40.8 Å². The molecule has 0 radical (unpaired) electrons. The maximum absolute atomic E-state index is 14.8. The lowest BCUT2D eigenvalue weighted by atomic mass is 9.47. The first-order valence-corrected chi connectivity index (χ1v) is 15.8. The molecular weight excluding hydrogens is 600 g/mol. The average molecular weight is 629 g/mol. The van der Waals surface area contributed by atoms with Gasteiger partial charge in [0.1, 0.15) is 5.75 Å². The van der Waals surface area contributed by atoms with E-state index in [4.69, 9.17) is 4.74 Å². The Morgan fingerprint density at radius 2 is 1.43 bits per heavy atom. The molecule has 0 N–H and O–H groups in total. The second-order valence-electron chi connectivity index (χ2n) is 13.2. The lowest BCUT2D eigenvalue weighted by Gasteiger charge is -2.52. The van der Waals surface area contributed by atoms with Crippen molar-refractivity contribution in [3.05, 3.63) is 111 Å². The lowest BCUT2D eigenvalue weighted by molar-refractivity contribution is -0.384. The largest absolute Gasteiger partial charge is 0.494 e. The van der Waals surface area contributed by atoms with E-state index in [1.165, 1.54) is 25.3 Å². The van der Waals surface area contributed by atoms with Crippen LogP contribution in [-0.4, -0.2) is 46.9 Å². The molecule has 11 heteroatoms. The molecule has 6 aliphatic carbocycles. The molecule has 2 heterocycles. The van der Waals surface area contributed by atoms with Gasteiger partial charge < -0.3 is 4.74 Å². The van der Waals surface area contributed by atoms with Crippen molar-refractivity contribution in [2.75, 3.05) is 12.0 Å². The average Bonchev–Trinajstić information content (AvgIpc) is 3.53. The molecule has 3 fully saturated rings. The number of benzene rings is 3. The highest BCUT2D eigenvalue weighted by molar-refractivity contribution is 6.25. The molecule has 4 amide bonds. The Morgan fingerprint density at radius 1 is 0.830 bits per heavy atom. The maximum atomic E-state index is 14.8. The van der Waals surface area contributed by atoms with Crippen molar-refractivity contribution in [3.63, 3.8) is 0 Å². The number of hydrazone groups is 1. The number of nitro groups is 1. The fourth-order valence-electron chi connectivity index (χ4n) is 9.57. The first-order valence-electron chi connectivity index (χ1n) is 15.8. The summed E-state index contributed by atoms with van der Waals surface area (Å²) in [7, 11) is 1.33. The zero-order valence-corrected chi connectivity index (χ0v) is 25.2. The van der Waals surface area contributed by atoms with Crippen molar-refractivity contribution in [2.45, 2.75) is 24.2 Å². The fourth-order valence-corrected chi connectivity index (χ4v) is 9.57. The number of anilines is 1. The van der Waals surface area contributed by atoms with Crippen molar-refractivity contribution in [1.82, 2.24) is 5.01 Å². The molecule has 47 heavy (non-hydrogen) atoms. The van der Waals surface area contributed by atoms with Gasteiger partial charge in [0.2, 0.25) is 11.8 Å². The number of amides is 4. The van der Waals surface area contributed by atoms with Crippen LogP contribution in [0.4, 0.5) is 11.4 Å². The number of non-ortho nitro benzene ring substituents is 1. The van der Waals surface area contributed by atoms with Gasteiger partial charge in [-0.25, -0.2) is 4.90 Å². The summed E-state index contributed by atoms with van der Waals surface area (Å²) in [6.45, 7) is 0. The van der Waals surface area contributed by atoms with Crippen LogP contribution in [0, 0.1) is 45.6 Å². The Balaban J connectivity index is 1.23. The summed E-state index contributed by atoms with van der Waals surface area (Å²) in [4.78, 5) is 68.9. The van der Waals surface area contributed by atoms with Crippen LogP contribution in [0.2, 0.25) is 0 Å². The number of ether oxygens (including phenoxy) is 1. The third-order valence-corrected chi connectivity index (χ3v) is 11.4. The van der Waals surface area contributed by atoms with Gasteiger partial charge in [-0.3, -0.25) is 29.3 Å². The quantitative estimate of drug-likeness (QED) is 0.135. The van der Waals surface area contributed by atoms with E-state index in [2.05, 4.69) is 17.3 Å². The van der Waals surface area contributed by atoms with Crippen LogP contribution in [0.25, 0.3) is 0 Å². The summed E-state index contributed by atoms with van der Waals surface area (Å²) in [6, 6.07) is 19.1. The van der Waals surface area contributed by atoms with E-state index in [1.54, 1.807) is 6.21 Å². The fraction of sp³-hybridized carbons (Fsp3) is 0.306. The smallest absolute Gasteiger partial charge is 0.273 e. The molecule has 3 aromatic rings. The predicted octanol–water partition coefficient (Wildman–Crippen LogP) is 4.34. The summed E-state index contributed by atoms with van der Waals surface area (Å²) in [5.41, 5.74) is 1.87. The van der Waals surface area contributed by atoms with E-state index in [1.807, 2.05) is 48.5 Å². The van der Waals surface area contributed by atoms with Gasteiger partial charge in [-0.2, -0.15) is 10.1 Å². The molecule has 11 nitrogen and oxygen atoms in total. The van der Waals surface area contributed by atoms with E-state index in [9.17, 15) is 29.3 Å². The Morgan fingerprint density at radius 3 is 1.98 bits per heavy atom. The van der Waals surface area contributed by atoms with E-state index in [0.717, 1.165) is 45.0 Å². The van der Waals surface area contributed by atoms with Gasteiger partial charge in [0.25, 0.3) is 17.5 Å². The topological polar surface area (TPSA) is 139 Å². The minimum absolute atomic E-state index is 0.00460. The molecule has 0 unspecified atom stereocenters. The molecule has 3 aromatic carbocycles. The van der Waals surface area contributed by atoms with Crippen molar-refractivity contribution in [1.29, 1.82) is 0 Å². The number of hydrogen-bond acceptors (Lipinski definition) is 8. The minimum atomic E-state index is -1.30. The van der Waals surface area contributed by atoms with Crippen LogP contribution in [0.3, 0.4) is 0 Å². The summed E-state index contributed by atoms with van der Waals surface area (Å²) in [5.74, 6) is -4.79. The van der Waals surface area contributed by atoms with Crippen LogP contribution < -0.4 is 9.64 Å². The Kier molecular flexibility index (Phi) is 5.65. The number of carbonyl (C=O) groups is 4. The number of methoxy groups -OCH3 is 1. The second-order valence-corrected chi connectivity index (χ2v) is 13.2. The van der Waals surface area contributed by atoms with E-state index in [0.29, 0.717) is 0 Å². The zero-order valence-electron chi connectivity index (χ0n) is 25.2. The third-order valence-electron chi connectivity index (χ3n) is 11.4. The van der Waals surface area contributed by atoms with Crippen molar-refractivity contribution in [2.24, 2.45) is 40.6 Å². The summed E-state index contributed by atoms with van der Waals surface area (Å²) in [5, 5.41) is 17.2. The minimum Gasteiger partial charge on any atom is -0.494 e. The van der Waals surface area contributed by atoms with Gasteiger partial charge in [0.15, 0.2) is 0 Å². The van der Waals surface area contributed by atoms with Gasteiger partial charge >= 0.3 is 0 Å². The molecule has 0 aromatic heterocycles. The van der Waals surface area contributed by atoms with Gasteiger partial charge in [-0.05, 0) is 53.0 Å². The molecule has 2 aliphatic heterocycles. The first kappa shape index (κ1) is 27.8. The van der Waals surface area contributed by atoms with Gasteiger partial charge in [-0.15, -0.1) is 0 Å². The summed E-state index contributed by atoms with van der Waals surface area (Å²) >= 11 is 0. The molecule has 234 valence electrons. The number of nitro benzene ring substituents is 1. The van der Waals surface area contributed by atoms with Gasteiger partial charge in [0, 0.05) is 18.2 Å². The van der Waals surface area contributed by atoms with Crippen LogP contribution in [0.1, 0.15) is 41.0 Å². The van der Waals surface area contributed by atoms with Crippen LogP contribution >= 0.6 is 0 Å². The third kappa shape index (κ3) is 3.38. The Bertz CT molecular complexity index is 1960. The molecule has 11 rings (SSSR count). The van der Waals surface area contributed by atoms with Crippen LogP contribution in [-0.2, 0) is 24.6 Å². The van der Waals surface area contributed by atoms with Crippen molar-refractivity contribution in [3.8, 4) is 5.75 Å². The van der Waals surface area contributed by atoms with Crippen molar-refractivity contribution >= 4 is 41.2 Å². The molecule has 0 spiro atoms. The monoisotopic (exact) mass is 628 g/mol. The number of fused-ring (bicyclic) bond motifs is 1. The zero-order chi connectivity index (χ0) is 32.4. The SMILES string of the molecule is COc1cc([N+](=O)[O-])ccc1N1C(=O)[C@@H]2C3c4ccccc4C(/C=N\N4C(=O)[C@@H]5[C@H](C4=O)[C@H]4C=C[C@H]5CC4)(c4ccccc43)[C@H]2C1=O. The Labute approximate surface area is 268 Å². The summed E-state index contributed by atoms with van der Waals surface area (Å²) in [6.07, 6.45) is 7.37. The highest BCUT2D eigenvalue weighted by Gasteiger charge is 2.68. The van der Waals surface area contributed by atoms with E-state index < -0.39 is 51.7 Å². The number of allylic oxidation sites excluding steroid dienone is 2. The van der Waals surface area contributed by atoms with Crippen molar-refractivity contribution < 1.29 is 28.8 Å². The molecule has 6 atom stereocenters. The second kappa shape index (κ2) is 9.54. The predicted molar refractivity (Wildman–Crippen MR) is 167 cm³/mol. The number of carbonyl (C=O) groups excluding carboxylic acids is 4. The number of nitrogens with zero attached hydrogens (tertiary/aromatic N) is 4. The molecule has 4 bridgehead atoms. The molecular formula is C36H28N4O7. The first-order chi connectivity index (χ1) is 22.8. The molecule has 2 saturated heterocycles. The highest BCUT2D eigenvalue weighted by atomic mass is 16.6.